The minimum absolute atomic E-state index is 0. The lowest BCUT2D eigenvalue weighted by molar-refractivity contribution is 0.278. The minimum Gasteiger partial charge on any atom is -0.330 e. The van der Waals surface area contributed by atoms with Crippen LogP contribution in [-0.2, 0) is 10.0 Å². The van der Waals surface area contributed by atoms with Crippen LogP contribution in [0.1, 0.15) is 12.8 Å². The highest BCUT2D eigenvalue weighted by Crippen LogP contribution is 2.24. The summed E-state index contributed by atoms with van der Waals surface area (Å²) >= 11 is 5.76. The number of piperidine rings is 1. The highest BCUT2D eigenvalue weighted by molar-refractivity contribution is 7.89. The number of nitrogens with two attached hydrogens (primary N) is 1. The molecule has 1 aromatic carbocycles. The Morgan fingerprint density at radius 2 is 1.74 bits per heavy atom. The molecule has 1 aliphatic rings. The van der Waals surface area contributed by atoms with Gasteiger partial charge in [0.1, 0.15) is 0 Å². The quantitative estimate of drug-likeness (QED) is 0.926. The lowest BCUT2D eigenvalue weighted by Gasteiger charge is -2.30. The molecular formula is C12H18Cl2N2O2S. The summed E-state index contributed by atoms with van der Waals surface area (Å²) in [7, 11) is -3.38. The molecular weight excluding hydrogens is 307 g/mol. The molecule has 19 heavy (non-hydrogen) atoms. The van der Waals surface area contributed by atoms with Gasteiger partial charge in [0.05, 0.1) is 4.90 Å². The average molecular weight is 325 g/mol. The SMILES string of the molecule is Cl.NCC1CCN(S(=O)(=O)c2ccc(Cl)cc2)CC1. The van der Waals surface area contributed by atoms with Gasteiger partial charge in [-0.2, -0.15) is 4.31 Å². The average Bonchev–Trinajstić information content (AvgIpc) is 2.39. The van der Waals surface area contributed by atoms with Gasteiger partial charge in [0.25, 0.3) is 0 Å². The van der Waals surface area contributed by atoms with Crippen molar-refractivity contribution in [2.24, 2.45) is 11.7 Å². The maximum Gasteiger partial charge on any atom is 0.243 e. The van der Waals surface area contributed by atoms with Crippen molar-refractivity contribution in [3.8, 4) is 0 Å². The summed E-state index contributed by atoms with van der Waals surface area (Å²) in [5.74, 6) is 0.446. The van der Waals surface area contributed by atoms with Crippen LogP contribution in [0.25, 0.3) is 0 Å². The number of halogens is 2. The van der Waals surface area contributed by atoms with E-state index in [1.807, 2.05) is 0 Å². The van der Waals surface area contributed by atoms with Crippen molar-refractivity contribution in [3.63, 3.8) is 0 Å². The summed E-state index contributed by atoms with van der Waals surface area (Å²) in [5.41, 5.74) is 5.60. The predicted molar refractivity (Wildman–Crippen MR) is 79.2 cm³/mol. The maximum absolute atomic E-state index is 12.3. The van der Waals surface area contributed by atoms with Crippen molar-refractivity contribution in [2.45, 2.75) is 17.7 Å². The maximum atomic E-state index is 12.3. The fourth-order valence-corrected chi connectivity index (χ4v) is 3.74. The Morgan fingerprint density at radius 3 is 2.21 bits per heavy atom. The Bertz CT molecular complexity index is 497. The second-order valence-corrected chi connectivity index (χ2v) is 6.91. The monoisotopic (exact) mass is 324 g/mol. The van der Waals surface area contributed by atoms with E-state index >= 15 is 0 Å². The molecule has 1 saturated heterocycles. The number of rotatable bonds is 3. The molecule has 0 unspecified atom stereocenters. The van der Waals surface area contributed by atoms with Gasteiger partial charge in [-0.25, -0.2) is 8.42 Å². The molecule has 0 bridgehead atoms. The summed E-state index contributed by atoms with van der Waals surface area (Å²) in [4.78, 5) is 0.304. The van der Waals surface area contributed by atoms with E-state index in [0.29, 0.717) is 35.5 Å². The van der Waals surface area contributed by atoms with Gasteiger partial charge in [-0.15, -0.1) is 12.4 Å². The van der Waals surface area contributed by atoms with Crippen LogP contribution >= 0.6 is 24.0 Å². The number of nitrogens with zero attached hydrogens (tertiary/aromatic N) is 1. The fraction of sp³-hybridized carbons (Fsp3) is 0.500. The number of hydrogen-bond acceptors (Lipinski definition) is 3. The van der Waals surface area contributed by atoms with E-state index in [0.717, 1.165) is 12.8 Å². The van der Waals surface area contributed by atoms with Crippen molar-refractivity contribution >= 4 is 34.0 Å². The van der Waals surface area contributed by atoms with Gasteiger partial charge >= 0.3 is 0 Å². The van der Waals surface area contributed by atoms with Gasteiger partial charge in [0.2, 0.25) is 10.0 Å². The molecule has 1 aliphatic heterocycles. The van der Waals surface area contributed by atoms with Gasteiger partial charge < -0.3 is 5.73 Å². The molecule has 108 valence electrons. The zero-order chi connectivity index (χ0) is 13.2. The first kappa shape index (κ1) is 16.7. The Hall–Kier alpha value is -0.330. The van der Waals surface area contributed by atoms with Crippen LogP contribution in [-0.4, -0.2) is 32.4 Å². The first-order chi connectivity index (χ1) is 8.54. The molecule has 4 nitrogen and oxygen atoms in total. The molecule has 1 aromatic rings. The van der Waals surface area contributed by atoms with Crippen LogP contribution in [0, 0.1) is 5.92 Å². The summed E-state index contributed by atoms with van der Waals surface area (Å²) in [6.45, 7) is 1.73. The Labute approximate surface area is 125 Å². The summed E-state index contributed by atoms with van der Waals surface area (Å²) < 4.78 is 26.2. The molecule has 0 aromatic heterocycles. The number of sulfonamides is 1. The topological polar surface area (TPSA) is 63.4 Å². The van der Waals surface area contributed by atoms with E-state index in [2.05, 4.69) is 0 Å². The first-order valence-corrected chi connectivity index (χ1v) is 7.81. The van der Waals surface area contributed by atoms with Crippen LogP contribution in [0.3, 0.4) is 0 Å². The van der Waals surface area contributed by atoms with Gasteiger partial charge in [0.15, 0.2) is 0 Å². The van der Waals surface area contributed by atoms with Gasteiger partial charge in [-0.1, -0.05) is 11.6 Å². The molecule has 0 radical (unpaired) electrons. The van der Waals surface area contributed by atoms with Crippen LogP contribution in [0.2, 0.25) is 5.02 Å². The summed E-state index contributed by atoms with van der Waals surface area (Å²) in [6, 6.07) is 6.29. The molecule has 2 rings (SSSR count). The highest BCUT2D eigenvalue weighted by Gasteiger charge is 2.28. The smallest absolute Gasteiger partial charge is 0.243 e. The van der Waals surface area contributed by atoms with Gasteiger partial charge in [0, 0.05) is 18.1 Å². The minimum atomic E-state index is -3.38. The van der Waals surface area contributed by atoms with Crippen LogP contribution in [0.5, 0.6) is 0 Å². The fourth-order valence-electron chi connectivity index (χ4n) is 2.14. The molecule has 1 fully saturated rings. The van der Waals surface area contributed by atoms with Crippen molar-refractivity contribution in [1.29, 1.82) is 0 Å². The van der Waals surface area contributed by atoms with E-state index in [9.17, 15) is 8.42 Å². The standard InChI is InChI=1S/C12H17ClN2O2S.ClH/c13-11-1-3-12(4-2-11)18(16,17)15-7-5-10(9-14)6-8-15;/h1-4,10H,5-9,14H2;1H. The Morgan fingerprint density at radius 1 is 1.21 bits per heavy atom. The molecule has 7 heteroatoms. The van der Waals surface area contributed by atoms with E-state index in [1.54, 1.807) is 24.3 Å². The van der Waals surface area contributed by atoms with Crippen molar-refractivity contribution in [2.75, 3.05) is 19.6 Å². The summed E-state index contributed by atoms with van der Waals surface area (Å²) in [6.07, 6.45) is 1.67. The van der Waals surface area contributed by atoms with Gasteiger partial charge in [-0.3, -0.25) is 0 Å². The first-order valence-electron chi connectivity index (χ1n) is 6.00. The molecule has 0 spiro atoms. The third-order valence-electron chi connectivity index (χ3n) is 3.36. The van der Waals surface area contributed by atoms with E-state index in [4.69, 9.17) is 17.3 Å². The van der Waals surface area contributed by atoms with Crippen molar-refractivity contribution < 1.29 is 8.42 Å². The third kappa shape index (κ3) is 3.83. The third-order valence-corrected chi connectivity index (χ3v) is 5.52. The van der Waals surface area contributed by atoms with Crippen LogP contribution in [0.15, 0.2) is 29.2 Å². The van der Waals surface area contributed by atoms with Crippen molar-refractivity contribution in [3.05, 3.63) is 29.3 Å². The Kier molecular flexibility index (Phi) is 6.08. The summed E-state index contributed by atoms with van der Waals surface area (Å²) in [5, 5.41) is 0.538. The van der Waals surface area contributed by atoms with Crippen LogP contribution in [0.4, 0.5) is 0 Å². The lowest BCUT2D eigenvalue weighted by Crippen LogP contribution is -2.39. The highest BCUT2D eigenvalue weighted by atomic mass is 35.5. The molecule has 1 heterocycles. The largest absolute Gasteiger partial charge is 0.330 e. The van der Waals surface area contributed by atoms with E-state index in [-0.39, 0.29) is 12.4 Å². The lowest BCUT2D eigenvalue weighted by atomic mass is 9.99. The van der Waals surface area contributed by atoms with E-state index in [1.165, 1.54) is 4.31 Å². The molecule has 0 saturated carbocycles. The van der Waals surface area contributed by atoms with Crippen molar-refractivity contribution in [1.82, 2.24) is 4.31 Å². The Balaban J connectivity index is 0.00000180. The normalized spacial score (nSPS) is 18.0. The van der Waals surface area contributed by atoms with E-state index < -0.39 is 10.0 Å². The zero-order valence-electron chi connectivity index (χ0n) is 10.5. The van der Waals surface area contributed by atoms with Gasteiger partial charge in [-0.05, 0) is 49.6 Å². The molecule has 0 atom stereocenters. The number of benzene rings is 1. The van der Waals surface area contributed by atoms with Crippen LogP contribution < -0.4 is 5.73 Å². The second kappa shape index (κ2) is 6.90. The molecule has 0 amide bonds. The zero-order valence-corrected chi connectivity index (χ0v) is 12.8. The molecule has 2 N–H and O–H groups in total. The second-order valence-electron chi connectivity index (χ2n) is 4.54. The number of hydrogen-bond donors (Lipinski definition) is 1. The molecule has 0 aliphatic carbocycles. The predicted octanol–water partition coefficient (Wildman–Crippen LogP) is 2.12.